The molecular formula is C27H13NO4. The highest BCUT2D eigenvalue weighted by Crippen LogP contribution is 2.34. The molecule has 1 aliphatic carbocycles. The first-order valence-corrected chi connectivity index (χ1v) is 9.98. The van der Waals surface area contributed by atoms with Gasteiger partial charge < -0.3 is 8.83 Å². The van der Waals surface area contributed by atoms with Gasteiger partial charge in [-0.1, -0.05) is 24.3 Å². The van der Waals surface area contributed by atoms with Crippen LogP contribution in [0.4, 0.5) is 0 Å². The van der Waals surface area contributed by atoms with Gasteiger partial charge in [0.2, 0.25) is 0 Å². The Morgan fingerprint density at radius 2 is 1.38 bits per heavy atom. The van der Waals surface area contributed by atoms with Gasteiger partial charge >= 0.3 is 0 Å². The molecule has 0 spiro atoms. The average Bonchev–Trinajstić information content (AvgIpc) is 3.45. The lowest BCUT2D eigenvalue weighted by molar-refractivity contribution is 0.0990. The van der Waals surface area contributed by atoms with Gasteiger partial charge in [-0.3, -0.25) is 9.59 Å². The fourth-order valence-corrected chi connectivity index (χ4v) is 4.06. The van der Waals surface area contributed by atoms with Crippen molar-refractivity contribution in [1.82, 2.24) is 0 Å². The minimum Gasteiger partial charge on any atom is -0.453 e. The molecule has 2 heterocycles. The number of Topliss-reactive ketones (excluding diaryl/α,β-unsaturated/α-hetero) is 2. The lowest BCUT2D eigenvalue weighted by Gasteiger charge is -2.00. The van der Waals surface area contributed by atoms with E-state index >= 15 is 0 Å². The van der Waals surface area contributed by atoms with Gasteiger partial charge in [-0.2, -0.15) is 5.26 Å². The zero-order chi connectivity index (χ0) is 21.8. The fourth-order valence-electron chi connectivity index (χ4n) is 4.06. The second-order valence-electron chi connectivity index (χ2n) is 7.64. The van der Waals surface area contributed by atoms with Crippen molar-refractivity contribution in [2.45, 2.75) is 0 Å². The van der Waals surface area contributed by atoms with E-state index in [1.807, 2.05) is 24.3 Å². The Hall–Kier alpha value is -4.69. The highest BCUT2D eigenvalue weighted by molar-refractivity contribution is 6.42. The third kappa shape index (κ3) is 2.71. The maximum absolute atomic E-state index is 12.9. The van der Waals surface area contributed by atoms with E-state index in [9.17, 15) is 9.59 Å². The molecule has 2 aromatic heterocycles. The molecule has 0 N–H and O–H groups in total. The van der Waals surface area contributed by atoms with Crippen molar-refractivity contribution < 1.29 is 18.4 Å². The van der Waals surface area contributed by atoms with Crippen LogP contribution in [-0.4, -0.2) is 11.6 Å². The summed E-state index contributed by atoms with van der Waals surface area (Å²) in [5, 5.41) is 10.8. The minimum absolute atomic E-state index is 0.0824. The van der Waals surface area contributed by atoms with Crippen molar-refractivity contribution in [2.75, 3.05) is 0 Å². The lowest BCUT2D eigenvalue weighted by atomic mass is 10.0. The number of nitriles is 1. The summed E-state index contributed by atoms with van der Waals surface area (Å²) >= 11 is 0. The highest BCUT2D eigenvalue weighted by Gasteiger charge is 2.33. The fraction of sp³-hybridized carbons (Fsp3) is 0. The quantitative estimate of drug-likeness (QED) is 0.254. The van der Waals surface area contributed by atoms with Gasteiger partial charge in [0.25, 0.3) is 0 Å². The number of allylic oxidation sites excluding steroid dienone is 1. The average molecular weight is 415 g/mol. The van der Waals surface area contributed by atoms with Gasteiger partial charge in [0, 0.05) is 28.8 Å². The summed E-state index contributed by atoms with van der Waals surface area (Å²) < 4.78 is 11.7. The van der Waals surface area contributed by atoms with Gasteiger partial charge in [-0.15, -0.1) is 0 Å². The molecule has 3 aromatic carbocycles. The van der Waals surface area contributed by atoms with Gasteiger partial charge in [-0.05, 0) is 53.2 Å². The van der Waals surface area contributed by atoms with Gasteiger partial charge in [0.05, 0.1) is 17.2 Å². The van der Waals surface area contributed by atoms with Crippen molar-refractivity contribution in [3.63, 3.8) is 0 Å². The molecule has 0 radical (unpaired) electrons. The minimum atomic E-state index is -0.304. The number of rotatable bonds is 2. The number of carbonyl (C=O) groups excluding carboxylic acids is 2. The normalized spacial score (nSPS) is 13.0. The molecule has 0 saturated heterocycles. The summed E-state index contributed by atoms with van der Waals surface area (Å²) in [4.78, 5) is 25.8. The summed E-state index contributed by atoms with van der Waals surface area (Å²) in [6, 6.07) is 23.7. The van der Waals surface area contributed by atoms with Crippen molar-refractivity contribution in [3.8, 4) is 17.4 Å². The first-order chi connectivity index (χ1) is 15.6. The Morgan fingerprint density at radius 3 is 1.97 bits per heavy atom. The van der Waals surface area contributed by atoms with Crippen LogP contribution in [0, 0.1) is 11.3 Å². The topological polar surface area (TPSA) is 84.2 Å². The van der Waals surface area contributed by atoms with Crippen molar-refractivity contribution in [1.29, 1.82) is 5.26 Å². The summed E-state index contributed by atoms with van der Waals surface area (Å²) in [5.41, 5.74) is 3.32. The van der Waals surface area contributed by atoms with E-state index in [1.54, 1.807) is 48.5 Å². The van der Waals surface area contributed by atoms with Crippen LogP contribution in [0.1, 0.15) is 32.0 Å². The Morgan fingerprint density at radius 1 is 0.750 bits per heavy atom. The molecule has 6 rings (SSSR count). The van der Waals surface area contributed by atoms with Crippen LogP contribution >= 0.6 is 0 Å². The Labute approximate surface area is 181 Å². The van der Waals surface area contributed by atoms with Crippen molar-refractivity contribution in [2.24, 2.45) is 0 Å². The number of ketones is 2. The number of nitrogens with zero attached hydrogens (tertiary/aromatic N) is 1. The maximum Gasteiger partial charge on any atom is 0.197 e. The molecule has 5 heteroatoms. The molecule has 0 aliphatic heterocycles. The molecule has 5 aromatic rings. The van der Waals surface area contributed by atoms with Crippen LogP contribution in [0.2, 0.25) is 0 Å². The zero-order valence-corrected chi connectivity index (χ0v) is 16.6. The maximum atomic E-state index is 12.9. The lowest BCUT2D eigenvalue weighted by Crippen LogP contribution is -1.99. The van der Waals surface area contributed by atoms with Crippen LogP contribution < -0.4 is 0 Å². The molecular weight excluding hydrogens is 402 g/mol. The summed E-state index contributed by atoms with van der Waals surface area (Å²) in [5.74, 6) is 0.373. The van der Waals surface area contributed by atoms with Crippen molar-refractivity contribution in [3.05, 3.63) is 101 Å². The van der Waals surface area contributed by atoms with Gasteiger partial charge in [-0.25, -0.2) is 0 Å². The van der Waals surface area contributed by atoms with E-state index in [1.165, 1.54) is 6.08 Å². The standard InChI is InChI=1S/C27H13NO4/c28-14-15-5-7-16(8-6-15)23-13-25-24(32-23)12-19(31-25)11-22-26(29)20-9-17-3-1-2-4-18(17)10-21(20)27(22)30/h1-13H. The predicted octanol–water partition coefficient (Wildman–Crippen LogP) is 6.18. The predicted molar refractivity (Wildman–Crippen MR) is 119 cm³/mol. The SMILES string of the molecule is N#Cc1ccc(-c2cc3oc(C=C4C(=O)c5cc6ccccc6cc5C4=O)cc3o2)cc1. The van der Waals surface area contributed by atoms with E-state index < -0.39 is 0 Å². The van der Waals surface area contributed by atoms with Crippen molar-refractivity contribution >= 4 is 39.6 Å². The molecule has 0 bridgehead atoms. The van der Waals surface area contributed by atoms with E-state index in [4.69, 9.17) is 14.1 Å². The van der Waals surface area contributed by atoms with Crippen LogP contribution in [0.5, 0.6) is 0 Å². The number of hydrogen-bond donors (Lipinski definition) is 0. The monoisotopic (exact) mass is 415 g/mol. The largest absolute Gasteiger partial charge is 0.453 e. The van der Waals surface area contributed by atoms with Gasteiger partial charge in [0.15, 0.2) is 22.7 Å². The molecule has 32 heavy (non-hydrogen) atoms. The Balaban J connectivity index is 1.36. The Bertz CT molecular complexity index is 1570. The molecule has 5 nitrogen and oxygen atoms in total. The Kier molecular flexibility index (Phi) is 3.77. The summed E-state index contributed by atoms with van der Waals surface area (Å²) in [6.07, 6.45) is 1.48. The van der Waals surface area contributed by atoms with Crippen LogP contribution in [0.15, 0.2) is 87.2 Å². The molecule has 0 fully saturated rings. The number of hydrogen-bond acceptors (Lipinski definition) is 5. The molecule has 0 unspecified atom stereocenters. The van der Waals surface area contributed by atoms with E-state index in [-0.39, 0.29) is 17.1 Å². The smallest absolute Gasteiger partial charge is 0.197 e. The molecule has 0 atom stereocenters. The van der Waals surface area contributed by atoms with E-state index in [0.717, 1.165) is 16.3 Å². The number of furan rings is 2. The van der Waals surface area contributed by atoms with E-state index in [0.29, 0.717) is 39.4 Å². The van der Waals surface area contributed by atoms with E-state index in [2.05, 4.69) is 6.07 Å². The van der Waals surface area contributed by atoms with Crippen LogP contribution in [0.3, 0.4) is 0 Å². The van der Waals surface area contributed by atoms with Crippen LogP contribution in [-0.2, 0) is 0 Å². The molecule has 1 aliphatic rings. The molecule has 0 amide bonds. The number of carbonyl (C=O) groups is 2. The third-order valence-corrected chi connectivity index (χ3v) is 5.68. The summed E-state index contributed by atoms with van der Waals surface area (Å²) in [7, 11) is 0. The zero-order valence-electron chi connectivity index (χ0n) is 16.6. The van der Waals surface area contributed by atoms with Crippen LogP contribution in [0.25, 0.3) is 39.3 Å². The second-order valence-corrected chi connectivity index (χ2v) is 7.64. The summed E-state index contributed by atoms with van der Waals surface area (Å²) in [6.45, 7) is 0. The van der Waals surface area contributed by atoms with Gasteiger partial charge in [0.1, 0.15) is 11.5 Å². The third-order valence-electron chi connectivity index (χ3n) is 5.68. The number of benzene rings is 3. The molecule has 0 saturated carbocycles. The molecule has 150 valence electrons. The first kappa shape index (κ1) is 18.1. The highest BCUT2D eigenvalue weighted by atomic mass is 16.4. The number of fused-ring (bicyclic) bond motifs is 3. The second kappa shape index (κ2) is 6.66. The first-order valence-electron chi connectivity index (χ1n) is 9.98.